The molecular weight excluding hydrogens is 287 g/mol. The second-order valence-electron chi connectivity index (χ2n) is 5.52. The van der Waals surface area contributed by atoms with E-state index in [-0.39, 0.29) is 11.1 Å². The summed E-state index contributed by atoms with van der Waals surface area (Å²) in [6.45, 7) is 4.17. The monoisotopic (exact) mass is 306 g/mol. The molecule has 0 amide bonds. The number of benzene rings is 2. The fraction of sp³-hybridized carbons (Fsp3) is 0.294. The third kappa shape index (κ3) is 4.53. The first-order valence-corrected chi connectivity index (χ1v) is 7.33. The molecule has 0 bridgehead atoms. The van der Waals surface area contributed by atoms with Crippen molar-refractivity contribution in [2.75, 3.05) is 0 Å². The summed E-state index contributed by atoms with van der Waals surface area (Å²) < 4.78 is 13.2. The summed E-state index contributed by atoms with van der Waals surface area (Å²) in [5.74, 6) is 5.26. The predicted octanol–water partition coefficient (Wildman–Crippen LogP) is 3.71. The number of nitrogens with one attached hydrogen (secondary N) is 1. The molecule has 0 aromatic heterocycles. The third-order valence-electron chi connectivity index (χ3n) is 3.47. The van der Waals surface area contributed by atoms with Crippen LogP contribution in [0.3, 0.4) is 0 Å². The summed E-state index contributed by atoms with van der Waals surface area (Å²) in [5, 5.41) is 0.148. The minimum absolute atomic E-state index is 0.0766. The van der Waals surface area contributed by atoms with Crippen molar-refractivity contribution in [1.29, 1.82) is 0 Å². The minimum atomic E-state index is -0.396. The van der Waals surface area contributed by atoms with Gasteiger partial charge in [-0.1, -0.05) is 47.0 Å². The van der Waals surface area contributed by atoms with Gasteiger partial charge >= 0.3 is 0 Å². The Kier molecular flexibility index (Phi) is 5.34. The summed E-state index contributed by atoms with van der Waals surface area (Å²) in [7, 11) is 0. The topological polar surface area (TPSA) is 38.0 Å². The summed E-state index contributed by atoms with van der Waals surface area (Å²) >= 11 is 5.82. The lowest BCUT2D eigenvalue weighted by Crippen LogP contribution is -2.38. The Morgan fingerprint density at radius 2 is 1.67 bits per heavy atom. The molecule has 0 heterocycles. The standard InChI is InChI=1S/C17H20ClFN2/c1-11-5-12(2)7-14(6-11)9-15(21-20)8-13-3-4-17(19)16(18)10-13/h3-7,10,15,21H,8-9,20H2,1-2H3. The first kappa shape index (κ1) is 16.0. The van der Waals surface area contributed by atoms with E-state index in [2.05, 4.69) is 37.5 Å². The Balaban J connectivity index is 2.10. The van der Waals surface area contributed by atoms with Crippen molar-refractivity contribution >= 4 is 11.6 Å². The van der Waals surface area contributed by atoms with Crippen molar-refractivity contribution in [2.24, 2.45) is 5.84 Å². The maximum absolute atomic E-state index is 13.2. The van der Waals surface area contributed by atoms with Gasteiger partial charge in [-0.15, -0.1) is 0 Å². The average Bonchev–Trinajstić information content (AvgIpc) is 2.41. The van der Waals surface area contributed by atoms with Crippen molar-refractivity contribution in [3.05, 3.63) is 69.5 Å². The molecule has 4 heteroatoms. The van der Waals surface area contributed by atoms with Crippen LogP contribution in [0.15, 0.2) is 36.4 Å². The lowest BCUT2D eigenvalue weighted by molar-refractivity contribution is 0.521. The number of rotatable bonds is 5. The number of hydrogen-bond donors (Lipinski definition) is 2. The van der Waals surface area contributed by atoms with E-state index in [0.717, 1.165) is 12.0 Å². The molecular formula is C17H20ClFN2. The minimum Gasteiger partial charge on any atom is -0.271 e. The molecule has 112 valence electrons. The number of hydrogen-bond acceptors (Lipinski definition) is 2. The van der Waals surface area contributed by atoms with E-state index in [9.17, 15) is 4.39 Å². The van der Waals surface area contributed by atoms with E-state index in [0.29, 0.717) is 6.42 Å². The number of nitrogens with two attached hydrogens (primary N) is 1. The first-order valence-electron chi connectivity index (χ1n) is 6.95. The molecule has 2 rings (SSSR count). The van der Waals surface area contributed by atoms with Gasteiger partial charge in [-0.25, -0.2) is 4.39 Å². The van der Waals surface area contributed by atoms with Crippen LogP contribution in [0.1, 0.15) is 22.3 Å². The van der Waals surface area contributed by atoms with Crippen LogP contribution in [0.5, 0.6) is 0 Å². The van der Waals surface area contributed by atoms with Crippen molar-refractivity contribution in [1.82, 2.24) is 5.43 Å². The highest BCUT2D eigenvalue weighted by atomic mass is 35.5. The van der Waals surface area contributed by atoms with Gasteiger partial charge in [0, 0.05) is 6.04 Å². The number of hydrazine groups is 1. The van der Waals surface area contributed by atoms with Crippen LogP contribution in [0.2, 0.25) is 5.02 Å². The molecule has 1 atom stereocenters. The van der Waals surface area contributed by atoms with Gasteiger partial charge in [0.25, 0.3) is 0 Å². The van der Waals surface area contributed by atoms with E-state index in [1.807, 2.05) is 0 Å². The summed E-state index contributed by atoms with van der Waals surface area (Å²) in [6.07, 6.45) is 1.51. The van der Waals surface area contributed by atoms with E-state index >= 15 is 0 Å². The Hall–Kier alpha value is -1.42. The van der Waals surface area contributed by atoms with Crippen molar-refractivity contribution < 1.29 is 4.39 Å². The van der Waals surface area contributed by atoms with Crippen molar-refractivity contribution in [3.8, 4) is 0 Å². The molecule has 2 aromatic rings. The molecule has 0 spiro atoms. The van der Waals surface area contributed by atoms with Gasteiger partial charge < -0.3 is 0 Å². The van der Waals surface area contributed by atoms with Gasteiger partial charge in [0.15, 0.2) is 0 Å². The predicted molar refractivity (Wildman–Crippen MR) is 85.8 cm³/mol. The van der Waals surface area contributed by atoms with Gasteiger partial charge in [-0.3, -0.25) is 11.3 Å². The Morgan fingerprint density at radius 3 is 2.24 bits per heavy atom. The van der Waals surface area contributed by atoms with E-state index in [4.69, 9.17) is 17.4 Å². The summed E-state index contributed by atoms with van der Waals surface area (Å²) in [5.41, 5.74) is 7.52. The lowest BCUT2D eigenvalue weighted by atomic mass is 9.97. The van der Waals surface area contributed by atoms with E-state index < -0.39 is 5.82 Å². The Labute approximate surface area is 130 Å². The summed E-state index contributed by atoms with van der Waals surface area (Å²) in [4.78, 5) is 0. The highest BCUT2D eigenvalue weighted by molar-refractivity contribution is 6.30. The van der Waals surface area contributed by atoms with E-state index in [1.54, 1.807) is 12.1 Å². The van der Waals surface area contributed by atoms with Crippen LogP contribution in [0.4, 0.5) is 4.39 Å². The zero-order valence-electron chi connectivity index (χ0n) is 12.3. The molecule has 0 radical (unpaired) electrons. The molecule has 21 heavy (non-hydrogen) atoms. The van der Waals surface area contributed by atoms with Crippen molar-refractivity contribution in [3.63, 3.8) is 0 Å². The fourth-order valence-corrected chi connectivity index (χ4v) is 2.82. The number of halogens is 2. The zero-order valence-corrected chi connectivity index (χ0v) is 13.0. The van der Waals surface area contributed by atoms with Gasteiger partial charge in [-0.2, -0.15) is 0 Å². The maximum atomic E-state index is 13.2. The Bertz CT molecular complexity index is 608. The molecule has 3 N–H and O–H groups in total. The molecule has 2 aromatic carbocycles. The Morgan fingerprint density at radius 1 is 1.05 bits per heavy atom. The molecule has 0 fully saturated rings. The van der Waals surface area contributed by atoms with E-state index in [1.165, 1.54) is 22.8 Å². The van der Waals surface area contributed by atoms with Gasteiger partial charge in [0.2, 0.25) is 0 Å². The summed E-state index contributed by atoms with van der Waals surface area (Å²) in [6, 6.07) is 11.3. The van der Waals surface area contributed by atoms with Crippen LogP contribution >= 0.6 is 11.6 Å². The number of aryl methyl sites for hydroxylation is 2. The molecule has 1 unspecified atom stereocenters. The molecule has 0 aliphatic heterocycles. The highest BCUT2D eigenvalue weighted by Gasteiger charge is 2.11. The van der Waals surface area contributed by atoms with Crippen LogP contribution in [-0.2, 0) is 12.8 Å². The van der Waals surface area contributed by atoms with Gasteiger partial charge in [-0.05, 0) is 49.9 Å². The van der Waals surface area contributed by atoms with Crippen LogP contribution in [-0.4, -0.2) is 6.04 Å². The second kappa shape index (κ2) is 7.03. The van der Waals surface area contributed by atoms with Crippen LogP contribution in [0.25, 0.3) is 0 Å². The molecule has 2 nitrogen and oxygen atoms in total. The SMILES string of the molecule is Cc1cc(C)cc(CC(Cc2ccc(F)c(Cl)c2)NN)c1. The fourth-order valence-electron chi connectivity index (χ4n) is 2.61. The largest absolute Gasteiger partial charge is 0.271 e. The molecule has 0 aliphatic carbocycles. The quantitative estimate of drug-likeness (QED) is 0.653. The maximum Gasteiger partial charge on any atom is 0.141 e. The van der Waals surface area contributed by atoms with Gasteiger partial charge in [0.1, 0.15) is 5.82 Å². The third-order valence-corrected chi connectivity index (χ3v) is 3.76. The van der Waals surface area contributed by atoms with Crippen LogP contribution in [0, 0.1) is 19.7 Å². The lowest BCUT2D eigenvalue weighted by Gasteiger charge is -2.17. The average molecular weight is 307 g/mol. The molecule has 0 saturated heterocycles. The zero-order chi connectivity index (χ0) is 15.4. The molecule has 0 saturated carbocycles. The molecule has 0 aliphatic rings. The second-order valence-corrected chi connectivity index (χ2v) is 5.92. The van der Waals surface area contributed by atoms with Gasteiger partial charge in [0.05, 0.1) is 5.02 Å². The smallest absolute Gasteiger partial charge is 0.141 e. The highest BCUT2D eigenvalue weighted by Crippen LogP contribution is 2.18. The first-order chi connectivity index (χ1) is 9.97. The van der Waals surface area contributed by atoms with Crippen LogP contribution < -0.4 is 11.3 Å². The normalized spacial score (nSPS) is 12.4. The van der Waals surface area contributed by atoms with Crippen molar-refractivity contribution in [2.45, 2.75) is 32.7 Å².